The third kappa shape index (κ3) is 2.76. The minimum Gasteiger partial charge on any atom is -0.387 e. The van der Waals surface area contributed by atoms with E-state index < -0.39 is 0 Å². The van der Waals surface area contributed by atoms with Crippen LogP contribution in [0.5, 0.6) is 0 Å². The Hall–Kier alpha value is -0.940. The second-order valence-corrected chi connectivity index (χ2v) is 4.21. The van der Waals surface area contributed by atoms with Crippen LogP contribution in [-0.2, 0) is 13.0 Å². The molecule has 84 valence electrons. The molecule has 15 heavy (non-hydrogen) atoms. The van der Waals surface area contributed by atoms with Crippen LogP contribution >= 0.6 is 0 Å². The van der Waals surface area contributed by atoms with Gasteiger partial charge in [0.15, 0.2) is 5.82 Å². The smallest absolute Gasteiger partial charge is 0.252 e. The van der Waals surface area contributed by atoms with Gasteiger partial charge < -0.3 is 14.5 Å². The highest BCUT2D eigenvalue weighted by atomic mass is 16.5. The van der Waals surface area contributed by atoms with Crippen molar-refractivity contribution in [1.82, 2.24) is 15.0 Å². The van der Waals surface area contributed by atoms with Crippen molar-refractivity contribution in [3.63, 3.8) is 0 Å². The molecular weight excluding hydrogens is 194 g/mol. The van der Waals surface area contributed by atoms with Crippen LogP contribution in [0.3, 0.4) is 0 Å². The van der Waals surface area contributed by atoms with Gasteiger partial charge >= 0.3 is 0 Å². The summed E-state index contributed by atoms with van der Waals surface area (Å²) in [5, 5.41) is 12.6. The van der Waals surface area contributed by atoms with Gasteiger partial charge in [-0.15, -0.1) is 0 Å². The zero-order valence-electron chi connectivity index (χ0n) is 9.02. The van der Waals surface area contributed by atoms with Crippen LogP contribution in [0.2, 0.25) is 0 Å². The molecule has 0 spiro atoms. The monoisotopic (exact) mass is 211 g/mol. The van der Waals surface area contributed by atoms with Crippen molar-refractivity contribution in [2.45, 2.75) is 25.9 Å². The lowest BCUT2D eigenvalue weighted by atomic mass is 9.94. The van der Waals surface area contributed by atoms with E-state index in [0.29, 0.717) is 11.8 Å². The van der Waals surface area contributed by atoms with Gasteiger partial charge in [0.2, 0.25) is 0 Å². The molecule has 0 bridgehead atoms. The van der Waals surface area contributed by atoms with E-state index in [9.17, 15) is 0 Å². The summed E-state index contributed by atoms with van der Waals surface area (Å²) in [6.07, 6.45) is 3.26. The maximum atomic E-state index is 8.79. The third-order valence-corrected chi connectivity index (χ3v) is 2.95. The van der Waals surface area contributed by atoms with Crippen LogP contribution in [0, 0.1) is 5.92 Å². The molecule has 0 radical (unpaired) electrons. The highest BCUT2D eigenvalue weighted by molar-refractivity contribution is 4.88. The first kappa shape index (κ1) is 10.6. The van der Waals surface area contributed by atoms with E-state index in [1.165, 1.54) is 12.8 Å². The molecule has 1 N–H and O–H groups in total. The molecule has 1 aliphatic rings. The Kier molecular flexibility index (Phi) is 3.33. The van der Waals surface area contributed by atoms with E-state index in [1.54, 1.807) is 0 Å². The molecule has 0 saturated carbocycles. The lowest BCUT2D eigenvalue weighted by Gasteiger charge is -2.27. The maximum absolute atomic E-state index is 8.79. The van der Waals surface area contributed by atoms with Gasteiger partial charge in [0, 0.05) is 6.42 Å². The highest BCUT2D eigenvalue weighted by Crippen LogP contribution is 2.19. The number of aromatic nitrogens is 2. The fraction of sp³-hybridized carbons (Fsp3) is 0.800. The first-order valence-electron chi connectivity index (χ1n) is 5.39. The number of aliphatic hydroxyl groups is 1. The largest absolute Gasteiger partial charge is 0.387 e. The molecule has 2 rings (SSSR count). The van der Waals surface area contributed by atoms with E-state index in [0.717, 1.165) is 25.3 Å². The fourth-order valence-corrected chi connectivity index (χ4v) is 1.96. The molecule has 0 amide bonds. The average Bonchev–Trinajstić information content (AvgIpc) is 2.69. The summed E-state index contributed by atoms with van der Waals surface area (Å²) in [5.74, 6) is 1.71. The molecule has 1 saturated heterocycles. The lowest BCUT2D eigenvalue weighted by molar-refractivity contribution is 0.214. The topological polar surface area (TPSA) is 62.4 Å². The number of aliphatic hydroxyl groups excluding tert-OH is 1. The molecule has 0 aromatic carbocycles. The van der Waals surface area contributed by atoms with Crippen molar-refractivity contribution in [1.29, 1.82) is 0 Å². The number of piperidine rings is 1. The van der Waals surface area contributed by atoms with Crippen molar-refractivity contribution in [3.8, 4) is 0 Å². The Morgan fingerprint density at radius 2 is 2.20 bits per heavy atom. The summed E-state index contributed by atoms with van der Waals surface area (Å²) in [7, 11) is 2.15. The second kappa shape index (κ2) is 4.72. The van der Waals surface area contributed by atoms with Gasteiger partial charge in [-0.05, 0) is 38.9 Å². The second-order valence-electron chi connectivity index (χ2n) is 4.21. The molecule has 5 nitrogen and oxygen atoms in total. The summed E-state index contributed by atoms with van der Waals surface area (Å²) in [4.78, 5) is 6.44. The van der Waals surface area contributed by atoms with E-state index in [1.807, 2.05) is 0 Å². The van der Waals surface area contributed by atoms with E-state index >= 15 is 0 Å². The summed E-state index contributed by atoms with van der Waals surface area (Å²) in [5.41, 5.74) is 0. The summed E-state index contributed by atoms with van der Waals surface area (Å²) in [6, 6.07) is 0. The van der Waals surface area contributed by atoms with Crippen molar-refractivity contribution >= 4 is 0 Å². The summed E-state index contributed by atoms with van der Waals surface area (Å²) in [6.45, 7) is 2.13. The van der Waals surface area contributed by atoms with Crippen LogP contribution < -0.4 is 0 Å². The molecule has 2 heterocycles. The van der Waals surface area contributed by atoms with Gasteiger partial charge in [0.25, 0.3) is 5.89 Å². The van der Waals surface area contributed by atoms with Gasteiger partial charge in [-0.2, -0.15) is 4.98 Å². The first-order valence-corrected chi connectivity index (χ1v) is 5.39. The lowest BCUT2D eigenvalue weighted by Crippen LogP contribution is -2.31. The standard InChI is InChI=1S/C10H17N3O2/c1-13-4-2-8(3-5-13)6-9-11-10(7-14)15-12-9/h8,14H,2-7H2,1H3. The molecule has 1 aromatic heterocycles. The zero-order valence-corrected chi connectivity index (χ0v) is 9.02. The zero-order chi connectivity index (χ0) is 10.7. The molecule has 0 aliphatic carbocycles. The minimum atomic E-state index is -0.166. The Bertz CT molecular complexity index is 305. The fourth-order valence-electron chi connectivity index (χ4n) is 1.96. The van der Waals surface area contributed by atoms with Crippen LogP contribution in [-0.4, -0.2) is 40.3 Å². The molecule has 1 aliphatic heterocycles. The van der Waals surface area contributed by atoms with E-state index in [2.05, 4.69) is 22.1 Å². The summed E-state index contributed by atoms with van der Waals surface area (Å²) >= 11 is 0. The van der Waals surface area contributed by atoms with Gasteiger partial charge in [-0.3, -0.25) is 0 Å². The van der Waals surface area contributed by atoms with Crippen LogP contribution in [0.25, 0.3) is 0 Å². The van der Waals surface area contributed by atoms with Crippen molar-refractivity contribution < 1.29 is 9.63 Å². The van der Waals surface area contributed by atoms with E-state index in [-0.39, 0.29) is 6.61 Å². The number of hydrogen-bond acceptors (Lipinski definition) is 5. The number of nitrogens with zero attached hydrogens (tertiary/aromatic N) is 3. The predicted molar refractivity (Wildman–Crippen MR) is 54.1 cm³/mol. The minimum absolute atomic E-state index is 0.166. The van der Waals surface area contributed by atoms with Crippen LogP contribution in [0.4, 0.5) is 0 Å². The van der Waals surface area contributed by atoms with Crippen LogP contribution in [0.1, 0.15) is 24.6 Å². The molecule has 1 fully saturated rings. The quantitative estimate of drug-likeness (QED) is 0.786. The van der Waals surface area contributed by atoms with Crippen molar-refractivity contribution in [3.05, 3.63) is 11.7 Å². The molecule has 1 aromatic rings. The molecule has 0 atom stereocenters. The number of likely N-dealkylation sites (tertiary alicyclic amines) is 1. The van der Waals surface area contributed by atoms with Gasteiger partial charge in [0.1, 0.15) is 6.61 Å². The Morgan fingerprint density at radius 1 is 1.47 bits per heavy atom. The van der Waals surface area contributed by atoms with Gasteiger partial charge in [-0.25, -0.2) is 0 Å². The Labute approximate surface area is 89.1 Å². The Balaban J connectivity index is 1.86. The predicted octanol–water partition coefficient (Wildman–Crippen LogP) is 0.446. The molecular formula is C10H17N3O2. The van der Waals surface area contributed by atoms with Crippen LogP contribution in [0.15, 0.2) is 4.52 Å². The van der Waals surface area contributed by atoms with E-state index in [4.69, 9.17) is 9.63 Å². The first-order chi connectivity index (χ1) is 7.28. The third-order valence-electron chi connectivity index (χ3n) is 2.95. The molecule has 0 unspecified atom stereocenters. The Morgan fingerprint density at radius 3 is 2.80 bits per heavy atom. The normalized spacial score (nSPS) is 19.6. The van der Waals surface area contributed by atoms with Crippen molar-refractivity contribution in [2.75, 3.05) is 20.1 Å². The number of hydrogen-bond donors (Lipinski definition) is 1. The average molecular weight is 211 g/mol. The number of rotatable bonds is 3. The van der Waals surface area contributed by atoms with Gasteiger partial charge in [-0.1, -0.05) is 5.16 Å². The maximum Gasteiger partial charge on any atom is 0.252 e. The highest BCUT2D eigenvalue weighted by Gasteiger charge is 2.19. The SMILES string of the molecule is CN1CCC(Cc2noc(CO)n2)CC1. The van der Waals surface area contributed by atoms with Crippen molar-refractivity contribution in [2.24, 2.45) is 5.92 Å². The molecule has 5 heteroatoms. The summed E-state index contributed by atoms with van der Waals surface area (Å²) < 4.78 is 4.85. The van der Waals surface area contributed by atoms with Gasteiger partial charge in [0.05, 0.1) is 0 Å².